The molecule has 16 heavy (non-hydrogen) atoms. The van der Waals surface area contributed by atoms with Crippen LogP contribution in [0.2, 0.25) is 0 Å². The van der Waals surface area contributed by atoms with Crippen LogP contribution in [0, 0.1) is 12.3 Å². The second-order valence-corrected chi connectivity index (χ2v) is 5.11. The third-order valence-electron chi connectivity index (χ3n) is 2.49. The van der Waals surface area contributed by atoms with E-state index in [1.807, 2.05) is 6.92 Å². The molecule has 0 aliphatic heterocycles. The maximum atomic E-state index is 11.7. The molecule has 1 rings (SSSR count). The van der Waals surface area contributed by atoms with Crippen LogP contribution in [0.5, 0.6) is 0 Å². The van der Waals surface area contributed by atoms with Gasteiger partial charge in [-0.25, -0.2) is 0 Å². The van der Waals surface area contributed by atoms with Gasteiger partial charge in [0.25, 0.3) is 5.91 Å². The fourth-order valence-corrected chi connectivity index (χ4v) is 1.84. The summed E-state index contributed by atoms with van der Waals surface area (Å²) in [6.45, 7) is 6.59. The number of nitrogens with one attached hydrogen (secondary N) is 1. The molecule has 1 N–H and O–H groups in total. The quantitative estimate of drug-likeness (QED) is 0.808. The van der Waals surface area contributed by atoms with Crippen molar-refractivity contribution < 1.29 is 9.21 Å². The average molecular weight is 244 g/mol. The third-order valence-corrected chi connectivity index (χ3v) is 2.68. The highest BCUT2D eigenvalue weighted by Gasteiger charge is 2.18. The van der Waals surface area contributed by atoms with E-state index in [0.717, 1.165) is 12.2 Å². The molecular weight excluding hydrogens is 226 g/mol. The van der Waals surface area contributed by atoms with E-state index in [0.29, 0.717) is 18.0 Å². The van der Waals surface area contributed by atoms with E-state index in [4.69, 9.17) is 16.0 Å². The van der Waals surface area contributed by atoms with Gasteiger partial charge in [0.05, 0.1) is 5.56 Å². The van der Waals surface area contributed by atoms with Crippen LogP contribution in [0.3, 0.4) is 0 Å². The second kappa shape index (κ2) is 5.39. The SMILES string of the molecule is Cc1cc(C(=O)NCC(C)(C)CCCl)co1. The van der Waals surface area contributed by atoms with Gasteiger partial charge in [-0.3, -0.25) is 4.79 Å². The van der Waals surface area contributed by atoms with E-state index in [1.165, 1.54) is 6.26 Å². The first-order valence-corrected chi connectivity index (χ1v) is 5.87. The summed E-state index contributed by atoms with van der Waals surface area (Å²) in [5, 5.41) is 2.88. The average Bonchev–Trinajstić information content (AvgIpc) is 2.61. The number of carbonyl (C=O) groups excluding carboxylic acids is 1. The summed E-state index contributed by atoms with van der Waals surface area (Å²) < 4.78 is 5.08. The van der Waals surface area contributed by atoms with Crippen molar-refractivity contribution in [2.75, 3.05) is 12.4 Å². The Kier molecular flexibility index (Phi) is 4.42. The Morgan fingerprint density at radius 1 is 1.56 bits per heavy atom. The summed E-state index contributed by atoms with van der Waals surface area (Å²) in [5.74, 6) is 1.25. The summed E-state index contributed by atoms with van der Waals surface area (Å²) in [6, 6.07) is 1.73. The Bertz CT molecular complexity index is 358. The molecule has 1 amide bonds. The molecule has 0 spiro atoms. The van der Waals surface area contributed by atoms with Crippen molar-refractivity contribution in [3.8, 4) is 0 Å². The van der Waals surface area contributed by atoms with E-state index in [1.54, 1.807) is 6.07 Å². The second-order valence-electron chi connectivity index (χ2n) is 4.73. The van der Waals surface area contributed by atoms with E-state index in [2.05, 4.69) is 19.2 Å². The number of hydrogen-bond acceptors (Lipinski definition) is 2. The fraction of sp³-hybridized carbons (Fsp3) is 0.583. The Morgan fingerprint density at radius 3 is 2.75 bits per heavy atom. The molecule has 0 atom stereocenters. The van der Waals surface area contributed by atoms with Crippen LogP contribution in [0.25, 0.3) is 0 Å². The number of amides is 1. The van der Waals surface area contributed by atoms with Gasteiger partial charge < -0.3 is 9.73 Å². The number of carbonyl (C=O) groups is 1. The molecular formula is C12H18ClNO2. The molecule has 1 heterocycles. The van der Waals surface area contributed by atoms with Gasteiger partial charge in [0.15, 0.2) is 0 Å². The van der Waals surface area contributed by atoms with Gasteiger partial charge in [0.1, 0.15) is 12.0 Å². The van der Waals surface area contributed by atoms with E-state index >= 15 is 0 Å². The maximum Gasteiger partial charge on any atom is 0.254 e. The number of hydrogen-bond donors (Lipinski definition) is 1. The number of aryl methyl sites for hydroxylation is 1. The normalized spacial score (nSPS) is 11.5. The fourth-order valence-electron chi connectivity index (χ4n) is 1.33. The van der Waals surface area contributed by atoms with Crippen molar-refractivity contribution in [1.29, 1.82) is 0 Å². The van der Waals surface area contributed by atoms with Crippen LogP contribution >= 0.6 is 11.6 Å². The lowest BCUT2D eigenvalue weighted by atomic mass is 9.90. The minimum atomic E-state index is -0.0977. The highest BCUT2D eigenvalue weighted by Crippen LogP contribution is 2.19. The number of alkyl halides is 1. The van der Waals surface area contributed by atoms with Crippen molar-refractivity contribution >= 4 is 17.5 Å². The first kappa shape index (κ1) is 13.1. The van der Waals surface area contributed by atoms with Crippen LogP contribution in [0.1, 0.15) is 36.4 Å². The Morgan fingerprint density at radius 2 is 2.25 bits per heavy atom. The van der Waals surface area contributed by atoms with Gasteiger partial charge in [0, 0.05) is 12.4 Å². The third kappa shape index (κ3) is 3.89. The molecule has 0 saturated carbocycles. The van der Waals surface area contributed by atoms with Gasteiger partial charge in [-0.2, -0.15) is 0 Å². The number of furan rings is 1. The summed E-state index contributed by atoms with van der Waals surface area (Å²) in [4.78, 5) is 11.7. The zero-order valence-electron chi connectivity index (χ0n) is 9.97. The Labute approximate surface area is 101 Å². The minimum Gasteiger partial charge on any atom is -0.469 e. The summed E-state index contributed by atoms with van der Waals surface area (Å²) in [6.07, 6.45) is 2.35. The standard InChI is InChI=1S/C12H18ClNO2/c1-9-6-10(7-16-9)11(15)14-8-12(2,3)4-5-13/h6-7H,4-5,8H2,1-3H3,(H,14,15). The predicted octanol–water partition coefficient (Wildman–Crippen LogP) is 2.97. The first-order valence-electron chi connectivity index (χ1n) is 5.34. The lowest BCUT2D eigenvalue weighted by Crippen LogP contribution is -2.34. The van der Waals surface area contributed by atoms with Crippen LogP contribution < -0.4 is 5.32 Å². The van der Waals surface area contributed by atoms with Gasteiger partial charge in [-0.05, 0) is 24.8 Å². The van der Waals surface area contributed by atoms with Crippen molar-refractivity contribution in [3.63, 3.8) is 0 Å². The highest BCUT2D eigenvalue weighted by atomic mass is 35.5. The van der Waals surface area contributed by atoms with Crippen molar-refractivity contribution in [2.45, 2.75) is 27.2 Å². The number of halogens is 1. The van der Waals surface area contributed by atoms with Crippen molar-refractivity contribution in [2.24, 2.45) is 5.41 Å². The topological polar surface area (TPSA) is 42.2 Å². The molecule has 3 nitrogen and oxygen atoms in total. The molecule has 0 fully saturated rings. The van der Waals surface area contributed by atoms with E-state index in [-0.39, 0.29) is 11.3 Å². The van der Waals surface area contributed by atoms with E-state index < -0.39 is 0 Å². The lowest BCUT2D eigenvalue weighted by molar-refractivity contribution is 0.0935. The first-order chi connectivity index (χ1) is 7.44. The monoisotopic (exact) mass is 243 g/mol. The van der Waals surface area contributed by atoms with Crippen LogP contribution in [-0.2, 0) is 0 Å². The summed E-state index contributed by atoms with van der Waals surface area (Å²) >= 11 is 5.69. The Balaban J connectivity index is 2.47. The summed E-state index contributed by atoms with van der Waals surface area (Å²) in [5.41, 5.74) is 0.593. The van der Waals surface area contributed by atoms with Crippen LogP contribution in [0.15, 0.2) is 16.7 Å². The molecule has 0 saturated heterocycles. The van der Waals surface area contributed by atoms with E-state index in [9.17, 15) is 4.79 Å². The van der Waals surface area contributed by atoms with Gasteiger partial charge in [-0.1, -0.05) is 13.8 Å². The Hall–Kier alpha value is -0.960. The predicted molar refractivity (Wildman–Crippen MR) is 64.9 cm³/mol. The molecule has 0 radical (unpaired) electrons. The number of rotatable bonds is 5. The molecule has 4 heteroatoms. The smallest absolute Gasteiger partial charge is 0.254 e. The lowest BCUT2D eigenvalue weighted by Gasteiger charge is -2.23. The maximum absolute atomic E-state index is 11.7. The zero-order valence-corrected chi connectivity index (χ0v) is 10.7. The van der Waals surface area contributed by atoms with Gasteiger partial charge in [-0.15, -0.1) is 11.6 Å². The molecule has 0 bridgehead atoms. The van der Waals surface area contributed by atoms with Gasteiger partial charge >= 0.3 is 0 Å². The highest BCUT2D eigenvalue weighted by molar-refractivity contribution is 6.17. The zero-order chi connectivity index (χ0) is 12.2. The molecule has 1 aromatic rings. The van der Waals surface area contributed by atoms with Crippen molar-refractivity contribution in [3.05, 3.63) is 23.7 Å². The molecule has 0 aliphatic rings. The molecule has 1 aromatic heterocycles. The molecule has 90 valence electrons. The minimum absolute atomic E-state index is 0.0240. The summed E-state index contributed by atoms with van der Waals surface area (Å²) in [7, 11) is 0. The molecule has 0 aromatic carbocycles. The molecule has 0 unspecified atom stereocenters. The van der Waals surface area contributed by atoms with Crippen LogP contribution in [-0.4, -0.2) is 18.3 Å². The van der Waals surface area contributed by atoms with Gasteiger partial charge in [0.2, 0.25) is 0 Å². The van der Waals surface area contributed by atoms with Crippen molar-refractivity contribution in [1.82, 2.24) is 5.32 Å². The largest absolute Gasteiger partial charge is 0.469 e. The molecule has 0 aliphatic carbocycles. The van der Waals surface area contributed by atoms with Crippen LogP contribution in [0.4, 0.5) is 0 Å².